The Kier molecular flexibility index (Phi) is 3.31. The number of hydrogen-bond acceptors (Lipinski definition) is 3. The molecule has 0 radical (unpaired) electrons. The summed E-state index contributed by atoms with van der Waals surface area (Å²) in [5.41, 5.74) is 0.426. The van der Waals surface area contributed by atoms with E-state index in [0.29, 0.717) is 16.5 Å². The molecule has 1 aromatic carbocycles. The van der Waals surface area contributed by atoms with Gasteiger partial charge in [-0.15, -0.1) is 0 Å². The molecule has 1 heterocycles. The summed E-state index contributed by atoms with van der Waals surface area (Å²) in [4.78, 5) is 7.74. The van der Waals surface area contributed by atoms with Gasteiger partial charge in [-0.05, 0) is 12.1 Å². The van der Waals surface area contributed by atoms with Crippen LogP contribution in [0.25, 0.3) is 0 Å². The molecule has 16 heavy (non-hydrogen) atoms. The van der Waals surface area contributed by atoms with Crippen molar-refractivity contribution in [1.82, 2.24) is 9.97 Å². The molecule has 0 aliphatic carbocycles. The number of aromatic nitrogens is 2. The predicted molar refractivity (Wildman–Crippen MR) is 57.8 cm³/mol. The van der Waals surface area contributed by atoms with Gasteiger partial charge in [0.05, 0.1) is 6.20 Å². The van der Waals surface area contributed by atoms with Gasteiger partial charge in [-0.2, -0.15) is 0 Å². The van der Waals surface area contributed by atoms with E-state index in [2.05, 4.69) is 9.97 Å². The summed E-state index contributed by atoms with van der Waals surface area (Å²) in [6.45, 7) is 0.0989. The third-order valence-electron chi connectivity index (χ3n) is 1.93. The molecule has 0 aliphatic heterocycles. The lowest BCUT2D eigenvalue weighted by molar-refractivity contribution is 0.286. The molecular formula is C11H8ClFN2O. The molecule has 5 heteroatoms. The number of benzene rings is 1. The van der Waals surface area contributed by atoms with Gasteiger partial charge in [-0.3, -0.25) is 4.98 Å². The number of nitrogens with zero attached hydrogens (tertiary/aromatic N) is 2. The Hall–Kier alpha value is -1.68. The van der Waals surface area contributed by atoms with Gasteiger partial charge in [-0.25, -0.2) is 9.37 Å². The maximum absolute atomic E-state index is 13.4. The average molecular weight is 239 g/mol. The highest BCUT2D eigenvalue weighted by Gasteiger charge is 2.04. The third-order valence-corrected chi connectivity index (χ3v) is 2.17. The third kappa shape index (κ3) is 2.67. The van der Waals surface area contributed by atoms with Crippen LogP contribution in [-0.2, 0) is 6.61 Å². The van der Waals surface area contributed by atoms with Crippen LogP contribution >= 0.6 is 11.6 Å². The summed E-state index contributed by atoms with van der Waals surface area (Å²) >= 11 is 5.63. The molecule has 2 aromatic rings. The standard InChI is InChI=1S/C11H8ClFN2O/c12-9-2-1-8(10(13)5-9)7-16-11-6-14-3-4-15-11/h1-6H,7H2. The zero-order valence-corrected chi connectivity index (χ0v) is 8.99. The first kappa shape index (κ1) is 10.8. The molecular weight excluding hydrogens is 231 g/mol. The van der Waals surface area contributed by atoms with Gasteiger partial charge in [0.1, 0.15) is 12.4 Å². The van der Waals surface area contributed by atoms with Crippen LogP contribution in [0.4, 0.5) is 4.39 Å². The summed E-state index contributed by atoms with van der Waals surface area (Å²) < 4.78 is 18.6. The van der Waals surface area contributed by atoms with E-state index >= 15 is 0 Å². The van der Waals surface area contributed by atoms with Crippen molar-refractivity contribution in [2.75, 3.05) is 0 Å². The monoisotopic (exact) mass is 238 g/mol. The van der Waals surface area contributed by atoms with Crippen LogP contribution in [0, 0.1) is 5.82 Å². The summed E-state index contributed by atoms with van der Waals surface area (Å²) in [7, 11) is 0. The number of ether oxygens (including phenoxy) is 1. The van der Waals surface area contributed by atoms with Gasteiger partial charge in [0, 0.05) is 23.0 Å². The summed E-state index contributed by atoms with van der Waals surface area (Å²) in [6.07, 6.45) is 4.51. The van der Waals surface area contributed by atoms with Gasteiger partial charge < -0.3 is 4.74 Å². The van der Waals surface area contributed by atoms with Crippen molar-refractivity contribution < 1.29 is 9.13 Å². The highest BCUT2D eigenvalue weighted by atomic mass is 35.5. The minimum atomic E-state index is -0.392. The molecule has 0 bridgehead atoms. The summed E-state index contributed by atoms with van der Waals surface area (Å²) in [5.74, 6) is -0.0340. The van der Waals surface area contributed by atoms with E-state index in [9.17, 15) is 4.39 Å². The average Bonchev–Trinajstić information content (AvgIpc) is 2.29. The Balaban J connectivity index is 2.05. The van der Waals surface area contributed by atoms with Crippen LogP contribution < -0.4 is 4.74 Å². The van der Waals surface area contributed by atoms with Crippen molar-refractivity contribution in [3.8, 4) is 5.88 Å². The van der Waals surface area contributed by atoms with E-state index in [0.717, 1.165) is 0 Å². The van der Waals surface area contributed by atoms with Crippen LogP contribution in [0.5, 0.6) is 5.88 Å². The Morgan fingerprint density at radius 1 is 1.31 bits per heavy atom. The zero-order valence-electron chi connectivity index (χ0n) is 8.23. The van der Waals surface area contributed by atoms with Crippen molar-refractivity contribution in [2.24, 2.45) is 0 Å². The lowest BCUT2D eigenvalue weighted by atomic mass is 10.2. The van der Waals surface area contributed by atoms with Crippen molar-refractivity contribution in [1.29, 1.82) is 0 Å². The summed E-state index contributed by atoms with van der Waals surface area (Å²) in [6, 6.07) is 4.44. The molecule has 0 aliphatic rings. The highest BCUT2D eigenvalue weighted by molar-refractivity contribution is 6.30. The molecule has 0 spiro atoms. The molecule has 0 amide bonds. The number of rotatable bonds is 3. The van der Waals surface area contributed by atoms with Gasteiger partial charge in [0.25, 0.3) is 0 Å². The molecule has 0 N–H and O–H groups in total. The van der Waals surface area contributed by atoms with Gasteiger partial charge in [0.15, 0.2) is 0 Å². The first-order valence-electron chi connectivity index (χ1n) is 4.58. The molecule has 3 nitrogen and oxygen atoms in total. The quantitative estimate of drug-likeness (QED) is 0.825. The first-order valence-corrected chi connectivity index (χ1v) is 4.96. The summed E-state index contributed by atoms with van der Waals surface area (Å²) in [5, 5.41) is 0.362. The van der Waals surface area contributed by atoms with E-state index in [1.54, 1.807) is 12.1 Å². The lowest BCUT2D eigenvalue weighted by Crippen LogP contribution is -1.99. The molecule has 0 saturated heterocycles. The Bertz CT molecular complexity index is 479. The molecule has 0 saturated carbocycles. The van der Waals surface area contributed by atoms with Crippen LogP contribution in [0.2, 0.25) is 5.02 Å². The molecule has 1 aromatic heterocycles. The second kappa shape index (κ2) is 4.90. The van der Waals surface area contributed by atoms with E-state index in [1.165, 1.54) is 24.7 Å². The highest BCUT2D eigenvalue weighted by Crippen LogP contribution is 2.16. The SMILES string of the molecule is Fc1cc(Cl)ccc1COc1cnccn1. The topological polar surface area (TPSA) is 35.0 Å². The van der Waals surface area contributed by atoms with Crippen molar-refractivity contribution >= 4 is 11.6 Å². The van der Waals surface area contributed by atoms with Crippen LogP contribution in [-0.4, -0.2) is 9.97 Å². The second-order valence-electron chi connectivity index (χ2n) is 3.07. The van der Waals surface area contributed by atoms with Gasteiger partial charge in [0.2, 0.25) is 5.88 Å². The fraction of sp³-hybridized carbons (Fsp3) is 0.0909. The largest absolute Gasteiger partial charge is 0.472 e. The Morgan fingerprint density at radius 3 is 2.88 bits per heavy atom. The fourth-order valence-electron chi connectivity index (χ4n) is 1.15. The zero-order chi connectivity index (χ0) is 11.4. The van der Waals surface area contributed by atoms with E-state index in [-0.39, 0.29) is 6.61 Å². The number of halogens is 2. The van der Waals surface area contributed by atoms with Crippen molar-refractivity contribution in [2.45, 2.75) is 6.61 Å². The minimum Gasteiger partial charge on any atom is -0.472 e. The first-order chi connectivity index (χ1) is 7.75. The minimum absolute atomic E-state index is 0.0989. The van der Waals surface area contributed by atoms with Crippen molar-refractivity contribution in [3.63, 3.8) is 0 Å². The van der Waals surface area contributed by atoms with Gasteiger partial charge >= 0.3 is 0 Å². The maximum Gasteiger partial charge on any atom is 0.232 e. The van der Waals surface area contributed by atoms with Gasteiger partial charge in [-0.1, -0.05) is 17.7 Å². The molecule has 2 rings (SSSR count). The second-order valence-corrected chi connectivity index (χ2v) is 3.50. The van der Waals surface area contributed by atoms with E-state index in [1.807, 2.05) is 0 Å². The maximum atomic E-state index is 13.4. The fourth-order valence-corrected chi connectivity index (χ4v) is 1.31. The molecule has 0 fully saturated rings. The van der Waals surface area contributed by atoms with Crippen LogP contribution in [0.15, 0.2) is 36.8 Å². The Labute approximate surface area is 96.9 Å². The molecule has 0 unspecified atom stereocenters. The van der Waals surface area contributed by atoms with Crippen molar-refractivity contribution in [3.05, 3.63) is 53.2 Å². The normalized spacial score (nSPS) is 10.1. The smallest absolute Gasteiger partial charge is 0.232 e. The van der Waals surface area contributed by atoms with Crippen LogP contribution in [0.1, 0.15) is 5.56 Å². The lowest BCUT2D eigenvalue weighted by Gasteiger charge is -2.05. The predicted octanol–water partition coefficient (Wildman–Crippen LogP) is 2.85. The number of hydrogen-bond donors (Lipinski definition) is 0. The van der Waals surface area contributed by atoms with E-state index in [4.69, 9.17) is 16.3 Å². The molecule has 0 atom stereocenters. The van der Waals surface area contributed by atoms with E-state index < -0.39 is 5.82 Å². The molecule has 82 valence electrons. The Morgan fingerprint density at radius 2 is 2.19 bits per heavy atom. The van der Waals surface area contributed by atoms with Crippen LogP contribution in [0.3, 0.4) is 0 Å².